The molecule has 1 aromatic rings. The van der Waals surface area contributed by atoms with Crippen molar-refractivity contribution in [1.29, 1.82) is 0 Å². The summed E-state index contributed by atoms with van der Waals surface area (Å²) in [5, 5.41) is 6.00. The standard InChI is InChI=1S/C14H20N2O/c1-15-9-3-6-14(17)16-13-8-7-11-4-2-5-12(11)10-13/h7-8,10,15H,2-6,9H2,1H3,(H,16,17). The molecule has 2 N–H and O–H groups in total. The Kier molecular flexibility index (Phi) is 4.15. The van der Waals surface area contributed by atoms with Gasteiger partial charge in [-0.1, -0.05) is 6.07 Å². The number of hydrogen-bond donors (Lipinski definition) is 2. The van der Waals surface area contributed by atoms with Gasteiger partial charge < -0.3 is 10.6 Å². The first-order chi connectivity index (χ1) is 8.29. The van der Waals surface area contributed by atoms with Gasteiger partial charge >= 0.3 is 0 Å². The molecule has 17 heavy (non-hydrogen) atoms. The van der Waals surface area contributed by atoms with Crippen LogP contribution < -0.4 is 10.6 Å². The van der Waals surface area contributed by atoms with Crippen LogP contribution in [0.2, 0.25) is 0 Å². The number of carbonyl (C=O) groups excluding carboxylic acids is 1. The van der Waals surface area contributed by atoms with Crippen molar-refractivity contribution >= 4 is 11.6 Å². The van der Waals surface area contributed by atoms with E-state index < -0.39 is 0 Å². The lowest BCUT2D eigenvalue weighted by molar-refractivity contribution is -0.116. The maximum atomic E-state index is 11.6. The van der Waals surface area contributed by atoms with Crippen LogP contribution in [0.4, 0.5) is 5.69 Å². The van der Waals surface area contributed by atoms with Gasteiger partial charge in [0.2, 0.25) is 5.91 Å². The van der Waals surface area contributed by atoms with E-state index in [1.54, 1.807) is 0 Å². The highest BCUT2D eigenvalue weighted by Gasteiger charge is 2.11. The highest BCUT2D eigenvalue weighted by Crippen LogP contribution is 2.24. The number of benzene rings is 1. The first kappa shape index (κ1) is 12.1. The molecule has 1 aliphatic carbocycles. The van der Waals surface area contributed by atoms with Crippen LogP contribution in [0.3, 0.4) is 0 Å². The van der Waals surface area contributed by atoms with Gasteiger partial charge in [-0.3, -0.25) is 4.79 Å². The van der Waals surface area contributed by atoms with Crippen molar-refractivity contribution < 1.29 is 4.79 Å². The highest BCUT2D eigenvalue weighted by molar-refractivity contribution is 5.90. The lowest BCUT2D eigenvalue weighted by atomic mass is 10.1. The van der Waals surface area contributed by atoms with E-state index in [1.165, 1.54) is 24.0 Å². The van der Waals surface area contributed by atoms with E-state index in [2.05, 4.69) is 22.8 Å². The molecule has 1 aromatic carbocycles. The van der Waals surface area contributed by atoms with E-state index in [4.69, 9.17) is 0 Å². The number of rotatable bonds is 5. The predicted octanol–water partition coefficient (Wildman–Crippen LogP) is 2.11. The van der Waals surface area contributed by atoms with Crippen LogP contribution in [-0.2, 0) is 17.6 Å². The second-order valence-corrected chi connectivity index (χ2v) is 4.59. The van der Waals surface area contributed by atoms with Gasteiger partial charge in [0, 0.05) is 12.1 Å². The molecule has 2 rings (SSSR count). The van der Waals surface area contributed by atoms with E-state index >= 15 is 0 Å². The fraction of sp³-hybridized carbons (Fsp3) is 0.500. The smallest absolute Gasteiger partial charge is 0.224 e. The van der Waals surface area contributed by atoms with Crippen molar-refractivity contribution in [2.75, 3.05) is 18.9 Å². The van der Waals surface area contributed by atoms with Crippen LogP contribution in [0.25, 0.3) is 0 Å². The fourth-order valence-electron chi connectivity index (χ4n) is 2.30. The molecule has 0 unspecified atom stereocenters. The first-order valence-electron chi connectivity index (χ1n) is 6.36. The molecule has 0 aromatic heterocycles. The summed E-state index contributed by atoms with van der Waals surface area (Å²) in [6.07, 6.45) is 5.05. The topological polar surface area (TPSA) is 41.1 Å². The molecule has 3 heteroatoms. The molecule has 0 saturated heterocycles. The van der Waals surface area contributed by atoms with Crippen LogP contribution in [0.15, 0.2) is 18.2 Å². The Labute approximate surface area is 103 Å². The minimum atomic E-state index is 0.109. The number of carbonyl (C=O) groups is 1. The average molecular weight is 232 g/mol. The maximum Gasteiger partial charge on any atom is 0.224 e. The first-order valence-corrected chi connectivity index (χ1v) is 6.36. The number of anilines is 1. The van der Waals surface area contributed by atoms with Gasteiger partial charge in [-0.2, -0.15) is 0 Å². The molecule has 0 bridgehead atoms. The number of fused-ring (bicyclic) bond motifs is 1. The summed E-state index contributed by atoms with van der Waals surface area (Å²) >= 11 is 0. The van der Waals surface area contributed by atoms with Crippen molar-refractivity contribution in [2.24, 2.45) is 0 Å². The number of hydrogen-bond acceptors (Lipinski definition) is 2. The Hall–Kier alpha value is -1.35. The van der Waals surface area contributed by atoms with Gasteiger partial charge in [-0.15, -0.1) is 0 Å². The highest BCUT2D eigenvalue weighted by atomic mass is 16.1. The van der Waals surface area contributed by atoms with E-state index in [1.807, 2.05) is 13.1 Å². The van der Waals surface area contributed by atoms with Crippen LogP contribution in [0, 0.1) is 0 Å². The molecule has 1 aliphatic rings. The minimum absolute atomic E-state index is 0.109. The Balaban J connectivity index is 1.88. The Morgan fingerprint density at radius 2 is 2.12 bits per heavy atom. The van der Waals surface area contributed by atoms with Crippen molar-refractivity contribution in [3.63, 3.8) is 0 Å². The Morgan fingerprint density at radius 3 is 2.94 bits per heavy atom. The van der Waals surface area contributed by atoms with Crippen LogP contribution in [-0.4, -0.2) is 19.5 Å². The lowest BCUT2D eigenvalue weighted by Gasteiger charge is -2.07. The van der Waals surface area contributed by atoms with Gasteiger partial charge in [0.25, 0.3) is 0 Å². The zero-order chi connectivity index (χ0) is 12.1. The van der Waals surface area contributed by atoms with E-state index in [0.29, 0.717) is 6.42 Å². The number of aryl methyl sites for hydroxylation is 2. The zero-order valence-corrected chi connectivity index (χ0v) is 10.4. The normalized spacial score (nSPS) is 13.5. The summed E-state index contributed by atoms with van der Waals surface area (Å²) < 4.78 is 0. The molecule has 0 aliphatic heterocycles. The van der Waals surface area contributed by atoms with Crippen LogP contribution >= 0.6 is 0 Å². The van der Waals surface area contributed by atoms with E-state index in [-0.39, 0.29) is 5.91 Å². The molecule has 0 spiro atoms. The van der Waals surface area contributed by atoms with E-state index in [9.17, 15) is 4.79 Å². The van der Waals surface area contributed by atoms with Crippen LogP contribution in [0.5, 0.6) is 0 Å². The third kappa shape index (κ3) is 3.30. The second-order valence-electron chi connectivity index (χ2n) is 4.59. The van der Waals surface area contributed by atoms with Gasteiger partial charge in [0.05, 0.1) is 0 Å². The third-order valence-corrected chi connectivity index (χ3v) is 3.21. The molecule has 92 valence electrons. The molecule has 3 nitrogen and oxygen atoms in total. The number of nitrogens with one attached hydrogen (secondary N) is 2. The van der Waals surface area contributed by atoms with Crippen molar-refractivity contribution in [2.45, 2.75) is 32.1 Å². The van der Waals surface area contributed by atoms with Gasteiger partial charge in [0.1, 0.15) is 0 Å². The fourth-order valence-corrected chi connectivity index (χ4v) is 2.30. The predicted molar refractivity (Wildman–Crippen MR) is 70.3 cm³/mol. The number of amides is 1. The minimum Gasteiger partial charge on any atom is -0.326 e. The van der Waals surface area contributed by atoms with Crippen molar-refractivity contribution in [1.82, 2.24) is 5.32 Å². The van der Waals surface area contributed by atoms with Crippen molar-refractivity contribution in [3.05, 3.63) is 29.3 Å². The molecular weight excluding hydrogens is 212 g/mol. The molecule has 0 radical (unpaired) electrons. The summed E-state index contributed by atoms with van der Waals surface area (Å²) in [4.78, 5) is 11.6. The second kappa shape index (κ2) is 5.82. The quantitative estimate of drug-likeness (QED) is 0.763. The third-order valence-electron chi connectivity index (χ3n) is 3.21. The average Bonchev–Trinajstić information content (AvgIpc) is 2.76. The molecular formula is C14H20N2O. The molecule has 0 atom stereocenters. The largest absolute Gasteiger partial charge is 0.326 e. The van der Waals surface area contributed by atoms with Gasteiger partial charge in [-0.05, 0) is 62.5 Å². The van der Waals surface area contributed by atoms with Gasteiger partial charge in [0.15, 0.2) is 0 Å². The lowest BCUT2D eigenvalue weighted by Crippen LogP contribution is -2.15. The monoisotopic (exact) mass is 232 g/mol. The SMILES string of the molecule is CNCCCC(=O)Nc1ccc2c(c1)CCC2. The van der Waals surface area contributed by atoms with Crippen LogP contribution in [0.1, 0.15) is 30.4 Å². The Bertz CT molecular complexity index is 401. The molecule has 0 fully saturated rings. The summed E-state index contributed by atoms with van der Waals surface area (Å²) in [7, 11) is 1.90. The Morgan fingerprint density at radius 1 is 1.29 bits per heavy atom. The van der Waals surface area contributed by atoms with Crippen molar-refractivity contribution in [3.8, 4) is 0 Å². The maximum absolute atomic E-state index is 11.6. The zero-order valence-electron chi connectivity index (χ0n) is 10.4. The van der Waals surface area contributed by atoms with Gasteiger partial charge in [-0.25, -0.2) is 0 Å². The molecule has 1 amide bonds. The summed E-state index contributed by atoms with van der Waals surface area (Å²) in [6.45, 7) is 0.887. The summed E-state index contributed by atoms with van der Waals surface area (Å²) in [5.41, 5.74) is 3.79. The summed E-state index contributed by atoms with van der Waals surface area (Å²) in [6, 6.07) is 6.28. The summed E-state index contributed by atoms with van der Waals surface area (Å²) in [5.74, 6) is 0.109. The van der Waals surface area contributed by atoms with E-state index in [0.717, 1.165) is 25.1 Å². The molecule has 0 heterocycles. The molecule has 0 saturated carbocycles.